The summed E-state index contributed by atoms with van der Waals surface area (Å²) in [5.41, 5.74) is 5.60. The largest absolute Gasteiger partial charge is 0.464 e. The molecule has 0 radical (unpaired) electrons. The summed E-state index contributed by atoms with van der Waals surface area (Å²) in [7, 11) is 1.20. The van der Waals surface area contributed by atoms with Crippen molar-refractivity contribution in [3.63, 3.8) is 0 Å². The van der Waals surface area contributed by atoms with Gasteiger partial charge in [0.2, 0.25) is 5.95 Å². The topological polar surface area (TPSA) is 112 Å². The van der Waals surface area contributed by atoms with E-state index in [2.05, 4.69) is 15.3 Å². The van der Waals surface area contributed by atoms with Crippen LogP contribution in [0.5, 0.6) is 0 Å². The van der Waals surface area contributed by atoms with E-state index in [0.717, 1.165) is 0 Å². The zero-order valence-corrected chi connectivity index (χ0v) is 17.0. The number of methoxy groups -OCH3 is 1. The molecule has 3 aromatic rings. The van der Waals surface area contributed by atoms with Crippen LogP contribution < -0.4 is 11.1 Å². The smallest absolute Gasteiger partial charge is 0.354 e. The summed E-state index contributed by atoms with van der Waals surface area (Å²) in [4.78, 5) is 33.4. The number of alkyl halides is 1. The van der Waals surface area contributed by atoms with E-state index in [1.165, 1.54) is 30.1 Å². The number of pyridine rings is 1. The summed E-state index contributed by atoms with van der Waals surface area (Å²) >= 11 is 0. The molecule has 0 fully saturated rings. The molecule has 0 spiro atoms. The zero-order valence-electron chi connectivity index (χ0n) is 17.0. The number of guanidine groups is 1. The average molecular weight is 439 g/mol. The molecule has 1 atom stereocenters. The molecule has 3 heterocycles. The number of carbonyl (C=O) groups is 2. The van der Waals surface area contributed by atoms with Crippen LogP contribution in [-0.4, -0.2) is 41.2 Å². The Bertz CT molecular complexity index is 1240. The number of ether oxygens (including phenoxy) is 1. The van der Waals surface area contributed by atoms with Gasteiger partial charge >= 0.3 is 5.97 Å². The molecule has 3 N–H and O–H groups in total. The molecule has 0 unspecified atom stereocenters. The lowest BCUT2D eigenvalue weighted by molar-refractivity contribution is -0.122. The number of hydrogen-bond acceptors (Lipinski definition) is 6. The van der Waals surface area contributed by atoms with Gasteiger partial charge < -0.3 is 15.0 Å². The number of nitrogens with zero attached hydrogens (tertiary/aromatic N) is 3. The normalized spacial score (nSPS) is 17.7. The molecule has 4 rings (SSSR count). The van der Waals surface area contributed by atoms with Crippen molar-refractivity contribution in [2.45, 2.75) is 12.1 Å². The van der Waals surface area contributed by atoms with E-state index in [-0.39, 0.29) is 29.3 Å². The first-order valence-electron chi connectivity index (χ1n) is 9.64. The monoisotopic (exact) mass is 439 g/mol. The zero-order chi connectivity index (χ0) is 22.9. The van der Waals surface area contributed by atoms with Crippen LogP contribution in [0.4, 0.5) is 8.78 Å². The van der Waals surface area contributed by atoms with E-state index in [1.54, 1.807) is 36.4 Å². The lowest BCUT2D eigenvalue weighted by Gasteiger charge is -2.23. The predicted octanol–water partition coefficient (Wildman–Crippen LogP) is 2.13. The summed E-state index contributed by atoms with van der Waals surface area (Å²) in [6, 6.07) is 11.1. The van der Waals surface area contributed by atoms with E-state index >= 15 is 0 Å². The van der Waals surface area contributed by atoms with Crippen LogP contribution in [0.2, 0.25) is 0 Å². The summed E-state index contributed by atoms with van der Waals surface area (Å²) in [5, 5.41) is 2.48. The molecule has 0 saturated heterocycles. The number of carbonyl (C=O) groups excluding carboxylic acids is 2. The molecule has 1 aliphatic rings. The molecule has 1 aromatic carbocycles. The number of esters is 1. The minimum Gasteiger partial charge on any atom is -0.464 e. The average Bonchev–Trinajstić information content (AvgIpc) is 3.34. The van der Waals surface area contributed by atoms with Crippen LogP contribution >= 0.6 is 0 Å². The first kappa shape index (κ1) is 21.2. The molecule has 0 bridgehead atoms. The van der Waals surface area contributed by atoms with Gasteiger partial charge in [-0.3, -0.25) is 10.1 Å². The Morgan fingerprint density at radius 1 is 1.25 bits per heavy atom. The lowest BCUT2D eigenvalue weighted by atomic mass is 9.83. The third-order valence-electron chi connectivity index (χ3n) is 5.24. The highest BCUT2D eigenvalue weighted by Crippen LogP contribution is 2.39. The van der Waals surface area contributed by atoms with E-state index in [1.807, 2.05) is 0 Å². The maximum absolute atomic E-state index is 14.3. The first-order chi connectivity index (χ1) is 15.4. The number of benzene rings is 1. The van der Waals surface area contributed by atoms with Gasteiger partial charge in [-0.1, -0.05) is 18.2 Å². The maximum Gasteiger partial charge on any atom is 0.354 e. The van der Waals surface area contributed by atoms with Gasteiger partial charge in [0.25, 0.3) is 5.91 Å². The Hall–Kier alpha value is -4.08. The fourth-order valence-electron chi connectivity index (χ4n) is 3.80. The summed E-state index contributed by atoms with van der Waals surface area (Å²) in [6.45, 7) is -0.860. The number of aryl methyl sites for hydroxylation is 1. The Morgan fingerprint density at radius 3 is 2.72 bits per heavy atom. The number of hydrogen-bond donors (Lipinski definition) is 2. The van der Waals surface area contributed by atoms with Gasteiger partial charge in [0.1, 0.15) is 12.4 Å². The van der Waals surface area contributed by atoms with Crippen LogP contribution in [0.1, 0.15) is 21.6 Å². The molecule has 2 aromatic heterocycles. The lowest BCUT2D eigenvalue weighted by Crippen LogP contribution is -2.39. The highest BCUT2D eigenvalue weighted by Gasteiger charge is 2.48. The van der Waals surface area contributed by atoms with Crippen molar-refractivity contribution >= 4 is 17.8 Å². The first-order valence-corrected chi connectivity index (χ1v) is 9.64. The molecule has 10 heteroatoms. The standard InChI is InChI=1S/C22H19F2N5O3/c1-32-19(30)17-11-15(12-29(17)9-7-23)22(20(31)27-21(25)28-22)14-5-2-4-13(10-14)16-6-3-8-26-18(16)24/h2-6,8,10-12H,7,9H2,1H3,(H3,25,27,28,31)/t22-/m1/s1. The van der Waals surface area contributed by atoms with Crippen LogP contribution in [0.15, 0.2) is 59.9 Å². The third-order valence-corrected chi connectivity index (χ3v) is 5.24. The van der Waals surface area contributed by atoms with Crippen molar-refractivity contribution in [1.29, 1.82) is 0 Å². The Balaban J connectivity index is 1.93. The summed E-state index contributed by atoms with van der Waals surface area (Å²) in [6.07, 6.45) is 2.80. The van der Waals surface area contributed by atoms with Gasteiger partial charge in [0.05, 0.1) is 13.7 Å². The van der Waals surface area contributed by atoms with Crippen LogP contribution in [0, 0.1) is 5.95 Å². The molecule has 164 valence electrons. The molecule has 1 aliphatic heterocycles. The van der Waals surface area contributed by atoms with E-state index < -0.39 is 30.0 Å². The minimum absolute atomic E-state index is 0.0578. The number of rotatable bonds is 6. The third kappa shape index (κ3) is 3.39. The number of halogens is 2. The van der Waals surface area contributed by atoms with Crippen LogP contribution in [0.3, 0.4) is 0 Å². The van der Waals surface area contributed by atoms with Crippen LogP contribution in [0.25, 0.3) is 11.1 Å². The van der Waals surface area contributed by atoms with Gasteiger partial charge in [0.15, 0.2) is 11.5 Å². The molecule has 8 nitrogen and oxygen atoms in total. The highest BCUT2D eigenvalue weighted by atomic mass is 19.1. The number of nitrogens with one attached hydrogen (secondary N) is 1. The Kier molecular flexibility index (Phi) is 5.43. The molecule has 0 saturated carbocycles. The van der Waals surface area contributed by atoms with Crippen molar-refractivity contribution in [2.24, 2.45) is 10.7 Å². The molecular formula is C22H19F2N5O3. The molecule has 0 aliphatic carbocycles. The van der Waals surface area contributed by atoms with Crippen molar-refractivity contribution in [1.82, 2.24) is 14.9 Å². The number of nitrogens with two attached hydrogens (primary N) is 1. The summed E-state index contributed by atoms with van der Waals surface area (Å²) < 4.78 is 33.5. The number of aliphatic imine (C=N–C) groups is 1. The van der Waals surface area contributed by atoms with Gasteiger partial charge in [0, 0.05) is 23.5 Å². The predicted molar refractivity (Wildman–Crippen MR) is 112 cm³/mol. The summed E-state index contributed by atoms with van der Waals surface area (Å²) in [5.74, 6) is -2.04. The van der Waals surface area contributed by atoms with E-state index in [0.29, 0.717) is 11.1 Å². The van der Waals surface area contributed by atoms with Crippen molar-refractivity contribution < 1.29 is 23.1 Å². The van der Waals surface area contributed by atoms with Gasteiger partial charge in [-0.05, 0) is 35.4 Å². The number of amides is 1. The van der Waals surface area contributed by atoms with E-state index in [4.69, 9.17) is 10.5 Å². The fraction of sp³-hybridized carbons (Fsp3) is 0.182. The van der Waals surface area contributed by atoms with Crippen molar-refractivity contribution in [3.8, 4) is 11.1 Å². The Labute approximate surface area is 181 Å². The Morgan fingerprint density at radius 2 is 2.06 bits per heavy atom. The van der Waals surface area contributed by atoms with Crippen molar-refractivity contribution in [2.75, 3.05) is 13.8 Å². The SMILES string of the molecule is COC(=O)c1cc([C@@]2(c3cccc(-c4cccnc4F)c3)N=C(N)NC2=O)cn1CCF. The van der Waals surface area contributed by atoms with Crippen molar-refractivity contribution in [3.05, 3.63) is 77.6 Å². The molecule has 32 heavy (non-hydrogen) atoms. The second-order valence-electron chi connectivity index (χ2n) is 7.07. The van der Waals surface area contributed by atoms with E-state index in [9.17, 15) is 18.4 Å². The van der Waals surface area contributed by atoms with Gasteiger partial charge in [-0.25, -0.2) is 19.2 Å². The fourth-order valence-corrected chi connectivity index (χ4v) is 3.80. The molecule has 1 amide bonds. The number of aromatic nitrogens is 2. The van der Waals surface area contributed by atoms with Gasteiger partial charge in [-0.15, -0.1) is 0 Å². The second-order valence-corrected chi connectivity index (χ2v) is 7.07. The quantitative estimate of drug-likeness (QED) is 0.452. The maximum atomic E-state index is 14.3. The van der Waals surface area contributed by atoms with Crippen LogP contribution in [-0.2, 0) is 21.6 Å². The highest BCUT2D eigenvalue weighted by molar-refractivity contribution is 6.09. The van der Waals surface area contributed by atoms with Gasteiger partial charge in [-0.2, -0.15) is 4.39 Å². The molecular weight excluding hydrogens is 420 g/mol. The second kappa shape index (κ2) is 8.22. The minimum atomic E-state index is -1.66.